The monoisotopic (exact) mass is 550 g/mol. The van der Waals surface area contributed by atoms with Crippen LogP contribution in [-0.4, -0.2) is 38.6 Å². The van der Waals surface area contributed by atoms with Gasteiger partial charge < -0.3 is 4.90 Å². The van der Waals surface area contributed by atoms with E-state index in [2.05, 4.69) is 15.1 Å². The molecule has 0 saturated carbocycles. The summed E-state index contributed by atoms with van der Waals surface area (Å²) in [5, 5.41) is 15.9. The Kier molecular flexibility index (Phi) is 5.84. The van der Waals surface area contributed by atoms with Crippen molar-refractivity contribution in [3.05, 3.63) is 93.8 Å². The smallest absolute Gasteiger partial charge is 0.346 e. The molecule has 1 saturated heterocycles. The number of Topliss-reactive ketones (excluding diaryl/α,β-unsaturated/α-hetero) is 1. The summed E-state index contributed by atoms with van der Waals surface area (Å²) in [4.78, 5) is 24.4. The van der Waals surface area contributed by atoms with E-state index in [1.54, 1.807) is 28.4 Å². The lowest BCUT2D eigenvalue weighted by Crippen LogP contribution is -2.52. The number of nitrogens with zero attached hydrogens (tertiary/aromatic N) is 6. The summed E-state index contributed by atoms with van der Waals surface area (Å²) in [5.74, 6) is -0.910. The molecule has 6 rings (SSSR count). The highest BCUT2D eigenvalue weighted by Gasteiger charge is 2.50. The van der Waals surface area contributed by atoms with Crippen molar-refractivity contribution < 1.29 is 22.4 Å². The van der Waals surface area contributed by atoms with Crippen LogP contribution in [0.1, 0.15) is 39.4 Å². The summed E-state index contributed by atoms with van der Waals surface area (Å²) in [6.45, 7) is 0.643. The average molecular weight is 551 g/mol. The summed E-state index contributed by atoms with van der Waals surface area (Å²) in [7, 11) is 0. The molecule has 39 heavy (non-hydrogen) atoms. The van der Waals surface area contributed by atoms with E-state index in [0.717, 1.165) is 35.2 Å². The molecule has 4 aromatic rings. The van der Waals surface area contributed by atoms with Crippen LogP contribution >= 0.6 is 11.3 Å². The van der Waals surface area contributed by atoms with E-state index in [9.17, 15) is 27.6 Å². The molecule has 1 fully saturated rings. The molecule has 1 aromatic carbocycles. The average Bonchev–Trinajstić information content (AvgIpc) is 3.58. The predicted molar refractivity (Wildman–Crippen MR) is 135 cm³/mol. The topological polar surface area (TPSA) is 87.7 Å². The molecule has 7 nitrogen and oxygen atoms in total. The van der Waals surface area contributed by atoms with Crippen molar-refractivity contribution in [3.63, 3.8) is 0 Å². The van der Waals surface area contributed by atoms with Crippen molar-refractivity contribution in [2.75, 3.05) is 18.0 Å². The maximum atomic E-state index is 14.2. The number of alkyl halides is 3. The first kappa shape index (κ1) is 24.9. The molecular weight excluding hydrogens is 532 g/mol. The maximum Gasteiger partial charge on any atom is 0.416 e. The molecule has 0 bridgehead atoms. The highest BCUT2D eigenvalue weighted by Crippen LogP contribution is 2.47. The molecule has 0 spiro atoms. The van der Waals surface area contributed by atoms with Crippen LogP contribution in [0.3, 0.4) is 0 Å². The Morgan fingerprint density at radius 2 is 1.97 bits per heavy atom. The Hall–Kier alpha value is -4.37. The van der Waals surface area contributed by atoms with Gasteiger partial charge in [-0.2, -0.15) is 23.5 Å². The second kappa shape index (κ2) is 9.13. The normalized spacial score (nSPS) is 18.6. The molecule has 3 aromatic heterocycles. The Morgan fingerprint density at radius 3 is 2.69 bits per heavy atom. The maximum absolute atomic E-state index is 14.2. The Morgan fingerprint density at radius 1 is 1.18 bits per heavy atom. The van der Waals surface area contributed by atoms with Gasteiger partial charge in [-0.05, 0) is 60.9 Å². The van der Waals surface area contributed by atoms with Gasteiger partial charge in [0.1, 0.15) is 17.6 Å². The third-order valence-electron chi connectivity index (χ3n) is 7.12. The van der Waals surface area contributed by atoms with E-state index >= 15 is 0 Å². The van der Waals surface area contributed by atoms with Gasteiger partial charge in [0.05, 0.1) is 28.6 Å². The van der Waals surface area contributed by atoms with E-state index in [1.807, 2.05) is 17.0 Å². The Labute approximate surface area is 223 Å². The van der Waals surface area contributed by atoms with Gasteiger partial charge >= 0.3 is 6.18 Å². The Balaban J connectivity index is 1.46. The number of fused-ring (bicyclic) bond motifs is 2. The number of carbonyl (C=O) groups excluding carboxylic acids is 1. The standard InChI is InChI=1S/C27H18F4N6OS/c28-19-1-3-21(4-2-19)37-23-10-17-6-8-36(25-35-20(12-32)14-39-25)15-26(17,11-16(23)13-34-37)24(38)22-9-18(5-7-33-22)27(29,30)31/h1-5,7,9-10,13-14H,6,8,11,15H2/t26-/m0/s1. The lowest BCUT2D eigenvalue weighted by atomic mass is 9.65. The van der Waals surface area contributed by atoms with Crippen molar-refractivity contribution in [2.24, 2.45) is 5.41 Å². The highest BCUT2D eigenvalue weighted by molar-refractivity contribution is 7.13. The van der Waals surface area contributed by atoms with Gasteiger partial charge in [0.25, 0.3) is 0 Å². The van der Waals surface area contributed by atoms with E-state index in [0.29, 0.717) is 23.8 Å². The third kappa shape index (κ3) is 4.28. The third-order valence-corrected chi connectivity index (χ3v) is 8.02. The van der Waals surface area contributed by atoms with Gasteiger partial charge in [0, 0.05) is 24.7 Å². The zero-order valence-electron chi connectivity index (χ0n) is 20.1. The number of pyridine rings is 1. The largest absolute Gasteiger partial charge is 0.416 e. The first-order chi connectivity index (χ1) is 18.7. The molecule has 1 aliphatic carbocycles. The lowest BCUT2D eigenvalue weighted by Gasteiger charge is -2.45. The quantitative estimate of drug-likeness (QED) is 0.247. The number of aromatic nitrogens is 4. The minimum absolute atomic E-state index is 0.148. The molecule has 0 unspecified atom stereocenters. The molecule has 0 amide bonds. The van der Waals surface area contributed by atoms with Gasteiger partial charge in [0.15, 0.2) is 16.6 Å². The molecule has 12 heteroatoms. The molecule has 1 aliphatic heterocycles. The number of anilines is 1. The van der Waals surface area contributed by atoms with Crippen molar-refractivity contribution in [3.8, 4) is 11.8 Å². The first-order valence-corrected chi connectivity index (χ1v) is 12.8. The van der Waals surface area contributed by atoms with E-state index in [-0.39, 0.29) is 30.2 Å². The molecule has 0 radical (unpaired) electrons. The number of carbonyl (C=O) groups is 1. The summed E-state index contributed by atoms with van der Waals surface area (Å²) in [6, 6.07) is 9.48. The number of halogens is 4. The number of thiazole rings is 1. The summed E-state index contributed by atoms with van der Waals surface area (Å²) in [6.07, 6.45) is 0.464. The van der Waals surface area contributed by atoms with Gasteiger partial charge in [-0.15, -0.1) is 11.3 Å². The van der Waals surface area contributed by atoms with Crippen LogP contribution in [0.15, 0.2) is 59.7 Å². The molecule has 0 N–H and O–H groups in total. The number of rotatable bonds is 4. The van der Waals surface area contributed by atoms with Gasteiger partial charge in [-0.1, -0.05) is 5.57 Å². The van der Waals surface area contributed by atoms with E-state index in [1.165, 1.54) is 23.5 Å². The van der Waals surface area contributed by atoms with Crippen LogP contribution < -0.4 is 4.90 Å². The van der Waals surface area contributed by atoms with Crippen LogP contribution in [0.25, 0.3) is 11.8 Å². The lowest BCUT2D eigenvalue weighted by molar-refractivity contribution is -0.137. The number of hydrogen-bond donors (Lipinski definition) is 0. The molecule has 1 atom stereocenters. The number of benzene rings is 1. The zero-order valence-corrected chi connectivity index (χ0v) is 20.9. The van der Waals surface area contributed by atoms with Gasteiger partial charge in [0.2, 0.25) is 0 Å². The van der Waals surface area contributed by atoms with Crippen LogP contribution in [-0.2, 0) is 12.6 Å². The molecule has 4 heterocycles. The SMILES string of the molecule is N#Cc1csc(N2CCC3=Cc4c(cnn4-c4ccc(F)cc4)C[C@]3(C(=O)c3cc(C(F)(F)F)ccn3)C2)n1. The van der Waals surface area contributed by atoms with E-state index < -0.39 is 22.9 Å². The highest BCUT2D eigenvalue weighted by atomic mass is 32.1. The Bertz CT molecular complexity index is 1670. The minimum Gasteiger partial charge on any atom is -0.346 e. The van der Waals surface area contributed by atoms with Crippen LogP contribution in [0, 0.1) is 22.6 Å². The number of piperidine rings is 1. The predicted octanol–water partition coefficient (Wildman–Crippen LogP) is 5.47. The van der Waals surface area contributed by atoms with Crippen LogP contribution in [0.2, 0.25) is 0 Å². The summed E-state index contributed by atoms with van der Waals surface area (Å²) in [5.41, 5.74) is 0.640. The number of nitriles is 1. The van der Waals surface area contributed by atoms with Crippen molar-refractivity contribution in [1.82, 2.24) is 19.7 Å². The van der Waals surface area contributed by atoms with Crippen LogP contribution in [0.5, 0.6) is 0 Å². The van der Waals surface area contributed by atoms with Gasteiger partial charge in [-0.25, -0.2) is 14.1 Å². The molecule has 196 valence electrons. The zero-order chi connectivity index (χ0) is 27.4. The fourth-order valence-corrected chi connectivity index (χ4v) is 6.02. The van der Waals surface area contributed by atoms with Crippen molar-refractivity contribution in [1.29, 1.82) is 5.26 Å². The summed E-state index contributed by atoms with van der Waals surface area (Å²) < 4.78 is 55.6. The van der Waals surface area contributed by atoms with Crippen molar-refractivity contribution in [2.45, 2.75) is 19.0 Å². The van der Waals surface area contributed by atoms with Crippen molar-refractivity contribution >= 4 is 28.3 Å². The molecule has 2 aliphatic rings. The second-order valence-corrected chi connectivity index (χ2v) is 10.3. The fourth-order valence-electron chi connectivity index (χ4n) is 5.24. The first-order valence-electron chi connectivity index (χ1n) is 11.9. The number of ketones is 1. The molecular formula is C27H18F4N6OS. The van der Waals surface area contributed by atoms with Crippen LogP contribution in [0.4, 0.5) is 22.7 Å². The number of hydrogen-bond acceptors (Lipinski definition) is 7. The fraction of sp³-hybridized carbons (Fsp3) is 0.222. The van der Waals surface area contributed by atoms with Gasteiger partial charge in [-0.3, -0.25) is 9.78 Å². The minimum atomic E-state index is -4.63. The van der Waals surface area contributed by atoms with E-state index in [4.69, 9.17) is 0 Å². The second-order valence-electron chi connectivity index (χ2n) is 9.43. The summed E-state index contributed by atoms with van der Waals surface area (Å²) >= 11 is 1.27.